The third-order valence-electron chi connectivity index (χ3n) is 4.20. The zero-order chi connectivity index (χ0) is 21.5. The van der Waals surface area contributed by atoms with Crippen molar-refractivity contribution in [1.29, 1.82) is 0 Å². The number of carbonyl (C=O) groups is 1. The van der Waals surface area contributed by atoms with E-state index in [1.54, 1.807) is 19.3 Å². The number of aryl methyl sites for hydroxylation is 1. The molecule has 0 aliphatic heterocycles. The third-order valence-corrected chi connectivity index (χ3v) is 5.19. The Bertz CT molecular complexity index is 1070. The summed E-state index contributed by atoms with van der Waals surface area (Å²) in [7, 11) is 0. The molecule has 2 amide bonds. The SMILES string of the molecule is Cc1nc(NC(=O)NCCc2ncn(CC(F)F)c2C)sc1C#Cc1ccncc1. The molecule has 3 aromatic rings. The summed E-state index contributed by atoms with van der Waals surface area (Å²) >= 11 is 1.29. The molecule has 2 N–H and O–H groups in total. The first-order valence-electron chi connectivity index (χ1n) is 9.15. The van der Waals surface area contributed by atoms with Gasteiger partial charge in [-0.15, -0.1) is 0 Å². The van der Waals surface area contributed by atoms with Crippen molar-refractivity contribution in [2.75, 3.05) is 11.9 Å². The second-order valence-electron chi connectivity index (χ2n) is 6.37. The molecule has 30 heavy (non-hydrogen) atoms. The van der Waals surface area contributed by atoms with Crippen LogP contribution >= 0.6 is 11.3 Å². The summed E-state index contributed by atoms with van der Waals surface area (Å²) in [4.78, 5) is 25.3. The molecule has 3 heterocycles. The number of nitrogens with zero attached hydrogens (tertiary/aromatic N) is 4. The lowest BCUT2D eigenvalue weighted by molar-refractivity contribution is 0.126. The van der Waals surface area contributed by atoms with Gasteiger partial charge in [0, 0.05) is 36.6 Å². The number of halogens is 2. The van der Waals surface area contributed by atoms with Crippen LogP contribution < -0.4 is 10.6 Å². The molecule has 156 valence electrons. The van der Waals surface area contributed by atoms with E-state index in [1.807, 2.05) is 19.1 Å². The maximum absolute atomic E-state index is 12.5. The molecule has 0 fully saturated rings. The van der Waals surface area contributed by atoms with Gasteiger partial charge in [0.15, 0.2) is 5.13 Å². The van der Waals surface area contributed by atoms with Gasteiger partial charge in [0.25, 0.3) is 6.43 Å². The number of rotatable bonds is 6. The Balaban J connectivity index is 1.51. The Morgan fingerprint density at radius 2 is 2.03 bits per heavy atom. The normalized spacial score (nSPS) is 10.6. The predicted octanol–water partition coefficient (Wildman–Crippen LogP) is 3.38. The molecule has 0 radical (unpaired) electrons. The van der Waals surface area contributed by atoms with Gasteiger partial charge >= 0.3 is 6.03 Å². The molecule has 0 bridgehead atoms. The summed E-state index contributed by atoms with van der Waals surface area (Å²) in [6.07, 6.45) is 2.74. The van der Waals surface area contributed by atoms with Gasteiger partial charge in [-0.3, -0.25) is 10.3 Å². The summed E-state index contributed by atoms with van der Waals surface area (Å²) in [6, 6.07) is 3.23. The van der Waals surface area contributed by atoms with Crippen LogP contribution in [-0.4, -0.2) is 38.5 Å². The molecule has 0 saturated heterocycles. The van der Waals surface area contributed by atoms with E-state index in [0.29, 0.717) is 29.5 Å². The molecule has 0 aliphatic rings. The number of anilines is 1. The second-order valence-corrected chi connectivity index (χ2v) is 7.37. The van der Waals surface area contributed by atoms with E-state index >= 15 is 0 Å². The van der Waals surface area contributed by atoms with Crippen molar-refractivity contribution in [1.82, 2.24) is 24.8 Å². The quantitative estimate of drug-likeness (QED) is 0.587. The standard InChI is InChI=1S/C20H20F2N6OS/c1-13-17(4-3-15-5-8-23-9-6-15)30-20(26-13)27-19(29)24-10-7-16-14(2)28(12-25-16)11-18(21)22/h5-6,8-9,12,18H,7,10-11H2,1-2H3,(H2,24,26,27,29). The number of imidazole rings is 1. The number of thiazole rings is 1. The van der Waals surface area contributed by atoms with Crippen molar-refractivity contribution in [3.8, 4) is 11.8 Å². The lowest BCUT2D eigenvalue weighted by Crippen LogP contribution is -2.30. The van der Waals surface area contributed by atoms with Crippen molar-refractivity contribution in [3.05, 3.63) is 58.4 Å². The van der Waals surface area contributed by atoms with E-state index < -0.39 is 12.5 Å². The van der Waals surface area contributed by atoms with E-state index in [4.69, 9.17) is 0 Å². The number of carbonyl (C=O) groups excluding carboxylic acids is 1. The molecule has 3 aromatic heterocycles. The molecule has 0 atom stereocenters. The van der Waals surface area contributed by atoms with Crippen molar-refractivity contribution in [2.24, 2.45) is 0 Å². The minimum absolute atomic E-state index is 0.317. The van der Waals surface area contributed by atoms with Gasteiger partial charge in [-0.05, 0) is 31.9 Å². The van der Waals surface area contributed by atoms with Gasteiger partial charge in [-0.2, -0.15) is 0 Å². The fourth-order valence-corrected chi connectivity index (χ4v) is 3.44. The van der Waals surface area contributed by atoms with Crippen LogP contribution in [0.2, 0.25) is 0 Å². The number of nitrogens with one attached hydrogen (secondary N) is 2. The molecular formula is C20H20F2N6OS. The van der Waals surface area contributed by atoms with Gasteiger partial charge in [-0.25, -0.2) is 23.5 Å². The molecule has 0 aliphatic carbocycles. The zero-order valence-corrected chi connectivity index (χ0v) is 17.3. The van der Waals surface area contributed by atoms with Crippen molar-refractivity contribution in [2.45, 2.75) is 33.2 Å². The molecular weight excluding hydrogens is 410 g/mol. The van der Waals surface area contributed by atoms with Crippen molar-refractivity contribution >= 4 is 22.5 Å². The first-order valence-corrected chi connectivity index (χ1v) is 9.97. The highest BCUT2D eigenvalue weighted by Gasteiger charge is 2.12. The van der Waals surface area contributed by atoms with Gasteiger partial charge < -0.3 is 9.88 Å². The number of amides is 2. The average molecular weight is 430 g/mol. The molecule has 3 rings (SSSR count). The fraction of sp³-hybridized carbons (Fsp3) is 0.300. The number of aromatic nitrogens is 4. The van der Waals surface area contributed by atoms with E-state index in [9.17, 15) is 13.6 Å². The van der Waals surface area contributed by atoms with Crippen LogP contribution in [0.5, 0.6) is 0 Å². The molecule has 7 nitrogen and oxygen atoms in total. The van der Waals surface area contributed by atoms with E-state index in [0.717, 1.165) is 16.1 Å². The first-order chi connectivity index (χ1) is 14.4. The number of pyridine rings is 1. The number of hydrogen-bond donors (Lipinski definition) is 2. The number of hydrogen-bond acceptors (Lipinski definition) is 5. The van der Waals surface area contributed by atoms with Crippen LogP contribution in [0.15, 0.2) is 30.9 Å². The van der Waals surface area contributed by atoms with E-state index in [-0.39, 0.29) is 6.54 Å². The Kier molecular flexibility index (Phi) is 7.08. The van der Waals surface area contributed by atoms with Gasteiger partial charge in [-0.1, -0.05) is 17.3 Å². The molecule has 10 heteroatoms. The fourth-order valence-electron chi connectivity index (χ4n) is 2.63. The number of urea groups is 1. The number of alkyl halides is 2. The summed E-state index contributed by atoms with van der Waals surface area (Å²) in [5, 5.41) is 5.85. The lowest BCUT2D eigenvalue weighted by Gasteiger charge is -2.06. The lowest BCUT2D eigenvalue weighted by atomic mass is 10.2. The maximum Gasteiger partial charge on any atom is 0.321 e. The van der Waals surface area contributed by atoms with Gasteiger partial charge in [0.05, 0.1) is 24.3 Å². The average Bonchev–Trinajstić information content (AvgIpc) is 3.23. The Labute approximate surface area is 176 Å². The summed E-state index contributed by atoms with van der Waals surface area (Å²) < 4.78 is 26.4. The molecule has 0 saturated carbocycles. The Morgan fingerprint density at radius 3 is 2.77 bits per heavy atom. The Morgan fingerprint density at radius 1 is 1.27 bits per heavy atom. The monoisotopic (exact) mass is 430 g/mol. The first kappa shape index (κ1) is 21.4. The maximum atomic E-state index is 12.5. The summed E-state index contributed by atoms with van der Waals surface area (Å²) in [5.74, 6) is 6.09. The van der Waals surface area contributed by atoms with Crippen LogP contribution in [0, 0.1) is 25.7 Å². The largest absolute Gasteiger partial charge is 0.337 e. The van der Waals surface area contributed by atoms with E-state index in [1.165, 1.54) is 22.2 Å². The summed E-state index contributed by atoms with van der Waals surface area (Å²) in [5.41, 5.74) is 2.92. The second kappa shape index (κ2) is 9.93. The van der Waals surface area contributed by atoms with Crippen molar-refractivity contribution < 1.29 is 13.6 Å². The van der Waals surface area contributed by atoms with E-state index in [2.05, 4.69) is 37.4 Å². The molecule has 0 unspecified atom stereocenters. The Hall–Kier alpha value is -3.32. The topological polar surface area (TPSA) is 84.7 Å². The smallest absolute Gasteiger partial charge is 0.321 e. The zero-order valence-electron chi connectivity index (χ0n) is 16.4. The van der Waals surface area contributed by atoms with Crippen LogP contribution in [-0.2, 0) is 13.0 Å². The summed E-state index contributed by atoms with van der Waals surface area (Å²) in [6.45, 7) is 3.49. The van der Waals surface area contributed by atoms with Crippen molar-refractivity contribution in [3.63, 3.8) is 0 Å². The van der Waals surface area contributed by atoms with Crippen LogP contribution in [0.4, 0.5) is 18.7 Å². The third kappa shape index (κ3) is 5.84. The van der Waals surface area contributed by atoms with Gasteiger partial charge in [0.1, 0.15) is 4.88 Å². The minimum atomic E-state index is -2.43. The van der Waals surface area contributed by atoms with Gasteiger partial charge in [0.2, 0.25) is 0 Å². The van der Waals surface area contributed by atoms with Crippen LogP contribution in [0.25, 0.3) is 0 Å². The molecule has 0 aromatic carbocycles. The van der Waals surface area contributed by atoms with Crippen LogP contribution in [0.3, 0.4) is 0 Å². The highest BCUT2D eigenvalue weighted by molar-refractivity contribution is 7.16. The van der Waals surface area contributed by atoms with Crippen LogP contribution in [0.1, 0.15) is 27.5 Å². The predicted molar refractivity (Wildman–Crippen MR) is 111 cm³/mol. The highest BCUT2D eigenvalue weighted by atomic mass is 32.1. The highest BCUT2D eigenvalue weighted by Crippen LogP contribution is 2.21. The minimum Gasteiger partial charge on any atom is -0.337 e. The molecule has 0 spiro atoms.